The zero-order valence-electron chi connectivity index (χ0n) is 19.9. The lowest BCUT2D eigenvalue weighted by atomic mass is 10.0. The summed E-state index contributed by atoms with van der Waals surface area (Å²) in [4.78, 5) is 15.6. The molecule has 0 unspecified atom stereocenters. The van der Waals surface area contributed by atoms with Crippen molar-refractivity contribution in [3.05, 3.63) is 87.0 Å². The molecule has 38 heavy (non-hydrogen) atoms. The molecule has 0 spiro atoms. The van der Waals surface area contributed by atoms with E-state index >= 15 is 4.39 Å². The van der Waals surface area contributed by atoms with Crippen LogP contribution < -0.4 is 9.47 Å². The second kappa shape index (κ2) is 9.25. The van der Waals surface area contributed by atoms with Gasteiger partial charge < -0.3 is 19.1 Å². The van der Waals surface area contributed by atoms with Gasteiger partial charge in [0.15, 0.2) is 11.6 Å². The number of fused-ring (bicyclic) bond motifs is 2. The maximum Gasteiger partial charge on any atom is 0.338 e. The third kappa shape index (κ3) is 4.28. The minimum atomic E-state index is -1.46. The molecular formula is C28H19ClF2N2O5. The van der Waals surface area contributed by atoms with Gasteiger partial charge in [-0.3, -0.25) is 0 Å². The van der Waals surface area contributed by atoms with Gasteiger partial charge in [0.2, 0.25) is 5.88 Å². The molecule has 10 heteroatoms. The molecule has 0 radical (unpaired) electrons. The molecule has 1 saturated carbocycles. The molecule has 2 aromatic carbocycles. The Morgan fingerprint density at radius 3 is 2.71 bits per heavy atom. The SMILES string of the molecule is Cc1cccc(Cl)c1-c1noc(C2CC2)c1COc1ccc2c(n1)C(F)=Cc1cc(F)c(C(=O)O)cc1O2. The Morgan fingerprint density at radius 2 is 1.97 bits per heavy atom. The Balaban J connectivity index is 1.32. The minimum absolute atomic E-state index is 0.00790. The molecule has 3 heterocycles. The fourth-order valence-corrected chi connectivity index (χ4v) is 4.73. The number of carboxylic acid groups (broad SMARTS) is 1. The van der Waals surface area contributed by atoms with E-state index in [1.54, 1.807) is 6.07 Å². The van der Waals surface area contributed by atoms with Crippen molar-refractivity contribution in [2.75, 3.05) is 0 Å². The van der Waals surface area contributed by atoms with Gasteiger partial charge in [0.05, 0.1) is 16.1 Å². The molecule has 1 N–H and O–H groups in total. The number of carbonyl (C=O) groups is 1. The molecule has 1 aliphatic carbocycles. The van der Waals surface area contributed by atoms with E-state index in [-0.39, 0.29) is 41.2 Å². The molecule has 6 rings (SSSR count). The van der Waals surface area contributed by atoms with Crippen molar-refractivity contribution in [2.24, 2.45) is 0 Å². The standard InChI is InChI=1S/C28H19ClF2N2O5/c1-13-3-2-4-18(29)24(13)25-17(27(38-33-25)14-5-6-14)12-36-23-8-7-21-26(32-23)20(31)10-15-9-19(30)16(28(34)35)11-22(15)37-21/h2-4,7-11,14H,5-6,12H2,1H3,(H,34,35). The van der Waals surface area contributed by atoms with Crippen LogP contribution in [0.3, 0.4) is 0 Å². The van der Waals surface area contributed by atoms with Gasteiger partial charge >= 0.3 is 5.97 Å². The average Bonchev–Trinajstić information content (AvgIpc) is 3.66. The molecule has 1 fully saturated rings. The van der Waals surface area contributed by atoms with Crippen molar-refractivity contribution < 1.29 is 32.7 Å². The summed E-state index contributed by atoms with van der Waals surface area (Å²) in [5, 5.41) is 14.0. The fourth-order valence-electron chi connectivity index (χ4n) is 4.42. The van der Waals surface area contributed by atoms with Gasteiger partial charge in [-0.25, -0.2) is 18.6 Å². The topological polar surface area (TPSA) is 94.7 Å². The van der Waals surface area contributed by atoms with Gasteiger partial charge in [-0.1, -0.05) is 28.9 Å². The Labute approximate surface area is 220 Å². The van der Waals surface area contributed by atoms with Crippen molar-refractivity contribution >= 4 is 29.5 Å². The van der Waals surface area contributed by atoms with Crippen LogP contribution in [0.1, 0.15) is 57.3 Å². The summed E-state index contributed by atoms with van der Waals surface area (Å²) < 4.78 is 46.7. The Kier molecular flexibility index (Phi) is 5.87. The first-order chi connectivity index (χ1) is 18.3. The second-order valence-corrected chi connectivity index (χ2v) is 9.54. The Bertz CT molecular complexity index is 1620. The lowest BCUT2D eigenvalue weighted by molar-refractivity contribution is 0.0691. The zero-order chi connectivity index (χ0) is 26.6. The number of rotatable bonds is 6. The van der Waals surface area contributed by atoms with Gasteiger partial charge in [-0.15, -0.1) is 0 Å². The van der Waals surface area contributed by atoms with Crippen LogP contribution in [0, 0.1) is 12.7 Å². The van der Waals surface area contributed by atoms with E-state index in [2.05, 4.69) is 10.1 Å². The predicted molar refractivity (Wildman–Crippen MR) is 135 cm³/mol. The van der Waals surface area contributed by atoms with Crippen LogP contribution in [0.15, 0.2) is 47.0 Å². The minimum Gasteiger partial charge on any atom is -0.478 e. The third-order valence-electron chi connectivity index (χ3n) is 6.48. The first-order valence-corrected chi connectivity index (χ1v) is 12.2. The lowest BCUT2D eigenvalue weighted by Gasteiger charge is -2.12. The highest BCUT2D eigenvalue weighted by atomic mass is 35.5. The number of aromatic carboxylic acids is 1. The van der Waals surface area contributed by atoms with E-state index in [0.29, 0.717) is 10.7 Å². The Hall–Kier alpha value is -4.24. The number of aromatic nitrogens is 2. The summed E-state index contributed by atoms with van der Waals surface area (Å²) in [5.41, 5.74) is 2.33. The highest BCUT2D eigenvalue weighted by molar-refractivity contribution is 6.33. The molecule has 4 aromatic rings. The third-order valence-corrected chi connectivity index (χ3v) is 6.80. The van der Waals surface area contributed by atoms with Crippen LogP contribution in [-0.2, 0) is 6.61 Å². The van der Waals surface area contributed by atoms with Crippen LogP contribution in [0.2, 0.25) is 5.02 Å². The van der Waals surface area contributed by atoms with Crippen molar-refractivity contribution in [1.29, 1.82) is 0 Å². The predicted octanol–water partition coefficient (Wildman–Crippen LogP) is 7.57. The van der Waals surface area contributed by atoms with E-state index in [1.807, 2.05) is 19.1 Å². The number of halogens is 3. The van der Waals surface area contributed by atoms with Crippen molar-refractivity contribution in [1.82, 2.24) is 10.1 Å². The molecule has 0 bridgehead atoms. The maximum atomic E-state index is 15.1. The first kappa shape index (κ1) is 24.1. The maximum absolute atomic E-state index is 15.1. The number of hydrogen-bond acceptors (Lipinski definition) is 6. The summed E-state index contributed by atoms with van der Waals surface area (Å²) >= 11 is 6.49. The molecule has 2 aliphatic rings. The average molecular weight is 537 g/mol. The summed E-state index contributed by atoms with van der Waals surface area (Å²) in [6, 6.07) is 10.5. The van der Waals surface area contributed by atoms with E-state index in [0.717, 1.165) is 53.5 Å². The molecule has 0 amide bonds. The highest BCUT2D eigenvalue weighted by Crippen LogP contribution is 2.46. The number of pyridine rings is 1. The molecular weight excluding hydrogens is 518 g/mol. The lowest BCUT2D eigenvalue weighted by Crippen LogP contribution is -2.03. The second-order valence-electron chi connectivity index (χ2n) is 9.13. The van der Waals surface area contributed by atoms with Gasteiger partial charge in [-0.2, -0.15) is 0 Å². The molecule has 0 saturated heterocycles. The van der Waals surface area contributed by atoms with Crippen molar-refractivity contribution in [3.63, 3.8) is 0 Å². The summed E-state index contributed by atoms with van der Waals surface area (Å²) in [6.45, 7) is 1.99. The molecule has 2 aromatic heterocycles. The van der Waals surface area contributed by atoms with Crippen molar-refractivity contribution in [3.8, 4) is 28.6 Å². The van der Waals surface area contributed by atoms with Crippen LogP contribution in [0.5, 0.6) is 17.4 Å². The number of carboxylic acids is 1. The van der Waals surface area contributed by atoms with Gasteiger partial charge in [0.25, 0.3) is 0 Å². The monoisotopic (exact) mass is 536 g/mol. The Morgan fingerprint density at radius 1 is 1.16 bits per heavy atom. The van der Waals surface area contributed by atoms with Gasteiger partial charge in [0, 0.05) is 23.1 Å². The van der Waals surface area contributed by atoms with E-state index < -0.39 is 23.2 Å². The number of hydrogen-bond donors (Lipinski definition) is 1. The molecule has 1 aliphatic heterocycles. The van der Waals surface area contributed by atoms with E-state index in [4.69, 9.17) is 25.6 Å². The fraction of sp³-hybridized carbons (Fsp3) is 0.179. The smallest absolute Gasteiger partial charge is 0.338 e. The molecule has 192 valence electrons. The first-order valence-electron chi connectivity index (χ1n) is 11.8. The van der Waals surface area contributed by atoms with E-state index in [1.165, 1.54) is 12.1 Å². The normalized spacial score (nSPS) is 14.2. The zero-order valence-corrected chi connectivity index (χ0v) is 20.7. The number of nitrogens with zero attached hydrogens (tertiary/aromatic N) is 2. The number of aryl methyl sites for hydroxylation is 1. The van der Waals surface area contributed by atoms with Crippen LogP contribution >= 0.6 is 11.6 Å². The summed E-state index contributed by atoms with van der Waals surface area (Å²) in [6.07, 6.45) is 3.01. The quantitative estimate of drug-likeness (QED) is 0.271. The van der Waals surface area contributed by atoms with Crippen molar-refractivity contribution in [2.45, 2.75) is 32.3 Å². The number of benzene rings is 2. The summed E-state index contributed by atoms with van der Waals surface area (Å²) in [7, 11) is 0. The van der Waals surface area contributed by atoms with Gasteiger partial charge in [0.1, 0.15) is 35.3 Å². The van der Waals surface area contributed by atoms with E-state index in [9.17, 15) is 14.3 Å². The summed E-state index contributed by atoms with van der Waals surface area (Å²) in [5.74, 6) is -2.13. The van der Waals surface area contributed by atoms with Gasteiger partial charge in [-0.05, 0) is 55.7 Å². The van der Waals surface area contributed by atoms with Crippen LogP contribution in [0.4, 0.5) is 8.78 Å². The highest BCUT2D eigenvalue weighted by Gasteiger charge is 2.33. The van der Waals surface area contributed by atoms with Crippen LogP contribution in [0.25, 0.3) is 23.2 Å². The molecule has 7 nitrogen and oxygen atoms in total. The number of ether oxygens (including phenoxy) is 2. The largest absolute Gasteiger partial charge is 0.478 e. The van der Waals surface area contributed by atoms with Crippen LogP contribution in [-0.4, -0.2) is 21.2 Å². The molecule has 0 atom stereocenters.